The number of para-hydroxylation sites is 1. The average Bonchev–Trinajstić information content (AvgIpc) is 3.41. The summed E-state index contributed by atoms with van der Waals surface area (Å²) in [4.78, 5) is 19.9. The fourth-order valence-electron chi connectivity index (χ4n) is 4.41. The molecule has 144 valence electrons. The average molecular weight is 381 g/mol. The fraction of sp³-hybridized carbons (Fsp3) is 0.200. The topological polar surface area (TPSA) is 38.1 Å². The van der Waals surface area contributed by atoms with Crippen LogP contribution in [0.1, 0.15) is 40.4 Å². The Morgan fingerprint density at radius 2 is 1.83 bits per heavy atom. The van der Waals surface area contributed by atoms with Gasteiger partial charge in [0, 0.05) is 42.6 Å². The Morgan fingerprint density at radius 1 is 1.00 bits per heavy atom. The number of aromatic nitrogens is 2. The first kappa shape index (κ1) is 17.7. The zero-order valence-corrected chi connectivity index (χ0v) is 16.2. The highest BCUT2D eigenvalue weighted by molar-refractivity contribution is 6.07. The van der Waals surface area contributed by atoms with Gasteiger partial charge in [0.2, 0.25) is 0 Å². The summed E-state index contributed by atoms with van der Waals surface area (Å²) in [5, 5.41) is 1.02. The third-order valence-electron chi connectivity index (χ3n) is 5.80. The van der Waals surface area contributed by atoms with Crippen molar-refractivity contribution in [2.24, 2.45) is 0 Å². The number of rotatable bonds is 4. The third-order valence-corrected chi connectivity index (χ3v) is 5.80. The molecule has 0 spiro atoms. The van der Waals surface area contributed by atoms with Crippen molar-refractivity contribution in [3.05, 3.63) is 102 Å². The molecular formula is C25H23N3O. The Morgan fingerprint density at radius 3 is 2.66 bits per heavy atom. The van der Waals surface area contributed by atoms with E-state index in [4.69, 9.17) is 0 Å². The second-order valence-corrected chi connectivity index (χ2v) is 7.62. The minimum absolute atomic E-state index is 0.104. The summed E-state index contributed by atoms with van der Waals surface area (Å²) in [5.74, 6) is 0.111. The molecule has 2 aromatic carbocycles. The molecule has 4 aromatic rings. The molecule has 1 aliphatic rings. The molecule has 5 rings (SSSR count). The second-order valence-electron chi connectivity index (χ2n) is 7.62. The van der Waals surface area contributed by atoms with Crippen molar-refractivity contribution in [2.75, 3.05) is 6.54 Å². The number of carbonyl (C=O) groups excluding carboxylic acids is 1. The predicted molar refractivity (Wildman–Crippen MR) is 115 cm³/mol. The Kier molecular flexibility index (Phi) is 4.60. The van der Waals surface area contributed by atoms with Crippen LogP contribution in [-0.2, 0) is 6.54 Å². The van der Waals surface area contributed by atoms with Crippen LogP contribution in [0.5, 0.6) is 0 Å². The molecule has 0 N–H and O–H groups in total. The number of hydrogen-bond donors (Lipinski definition) is 0. The van der Waals surface area contributed by atoms with Crippen LogP contribution in [0.2, 0.25) is 0 Å². The summed E-state index contributed by atoms with van der Waals surface area (Å²) in [5.41, 5.74) is 4.22. The van der Waals surface area contributed by atoms with E-state index >= 15 is 0 Å². The van der Waals surface area contributed by atoms with Crippen molar-refractivity contribution >= 4 is 16.8 Å². The van der Waals surface area contributed by atoms with Crippen LogP contribution < -0.4 is 0 Å². The van der Waals surface area contributed by atoms with Gasteiger partial charge in [-0.1, -0.05) is 54.6 Å². The maximum Gasteiger partial charge on any atom is 0.256 e. The van der Waals surface area contributed by atoms with Crippen molar-refractivity contribution in [3.8, 4) is 0 Å². The molecule has 3 heterocycles. The maximum atomic E-state index is 13.6. The number of nitrogens with zero attached hydrogens (tertiary/aromatic N) is 3. The van der Waals surface area contributed by atoms with Gasteiger partial charge in [-0.25, -0.2) is 0 Å². The molecule has 2 aromatic heterocycles. The normalized spacial score (nSPS) is 16.4. The number of pyridine rings is 1. The lowest BCUT2D eigenvalue weighted by molar-refractivity contribution is 0.0737. The van der Waals surface area contributed by atoms with Gasteiger partial charge in [-0.2, -0.15) is 0 Å². The third kappa shape index (κ3) is 3.31. The Bertz CT molecular complexity index is 1130. The van der Waals surface area contributed by atoms with E-state index in [2.05, 4.69) is 52.0 Å². The van der Waals surface area contributed by atoms with Gasteiger partial charge in [0.25, 0.3) is 5.91 Å². The molecule has 4 heteroatoms. The molecule has 1 saturated heterocycles. The molecule has 0 aliphatic carbocycles. The van der Waals surface area contributed by atoms with E-state index in [-0.39, 0.29) is 11.9 Å². The molecular weight excluding hydrogens is 358 g/mol. The monoisotopic (exact) mass is 381 g/mol. The summed E-state index contributed by atoms with van der Waals surface area (Å²) < 4.78 is 2.19. The number of likely N-dealkylation sites (tertiary alicyclic amines) is 1. The van der Waals surface area contributed by atoms with E-state index in [9.17, 15) is 4.79 Å². The van der Waals surface area contributed by atoms with E-state index in [1.165, 1.54) is 5.56 Å². The lowest BCUT2D eigenvalue weighted by Crippen LogP contribution is -2.30. The molecule has 0 saturated carbocycles. The zero-order valence-electron chi connectivity index (χ0n) is 16.2. The van der Waals surface area contributed by atoms with Crippen LogP contribution in [-0.4, -0.2) is 26.9 Å². The van der Waals surface area contributed by atoms with Gasteiger partial charge in [0.1, 0.15) is 0 Å². The van der Waals surface area contributed by atoms with Gasteiger partial charge in [-0.3, -0.25) is 9.78 Å². The van der Waals surface area contributed by atoms with E-state index in [0.717, 1.165) is 48.0 Å². The fourth-order valence-corrected chi connectivity index (χ4v) is 4.41. The quantitative estimate of drug-likeness (QED) is 0.495. The van der Waals surface area contributed by atoms with Crippen molar-refractivity contribution in [1.82, 2.24) is 14.5 Å². The minimum Gasteiger partial charge on any atom is -0.342 e. The molecule has 1 amide bonds. The second kappa shape index (κ2) is 7.55. The van der Waals surface area contributed by atoms with E-state index < -0.39 is 0 Å². The lowest BCUT2D eigenvalue weighted by Gasteiger charge is -2.24. The molecule has 1 fully saturated rings. The molecule has 1 unspecified atom stereocenters. The SMILES string of the molecule is O=C(c1cn(Cc2ccccc2)c2ccccc12)N1CCCC1c1cccnc1. The Hall–Kier alpha value is -3.40. The summed E-state index contributed by atoms with van der Waals surface area (Å²) >= 11 is 0. The first-order valence-corrected chi connectivity index (χ1v) is 10.1. The van der Waals surface area contributed by atoms with E-state index in [1.807, 2.05) is 41.6 Å². The summed E-state index contributed by atoms with van der Waals surface area (Å²) in [6.45, 7) is 1.54. The van der Waals surface area contributed by atoms with Gasteiger partial charge < -0.3 is 9.47 Å². The van der Waals surface area contributed by atoms with Crippen LogP contribution in [0.3, 0.4) is 0 Å². The Labute approximate surface area is 170 Å². The van der Waals surface area contributed by atoms with Gasteiger partial charge in [0.15, 0.2) is 0 Å². The van der Waals surface area contributed by atoms with Gasteiger partial charge in [-0.05, 0) is 36.1 Å². The summed E-state index contributed by atoms with van der Waals surface area (Å²) in [6, 6.07) is 22.7. The molecule has 4 nitrogen and oxygen atoms in total. The number of benzene rings is 2. The lowest BCUT2D eigenvalue weighted by atomic mass is 10.1. The van der Waals surface area contributed by atoms with Crippen molar-refractivity contribution in [1.29, 1.82) is 0 Å². The highest BCUT2D eigenvalue weighted by Gasteiger charge is 2.32. The maximum absolute atomic E-state index is 13.6. The van der Waals surface area contributed by atoms with Crippen LogP contribution in [0.25, 0.3) is 10.9 Å². The standard InChI is InChI=1S/C25H23N3O/c29-25(28-15-7-13-23(28)20-10-6-14-26-16-20)22-18-27(17-19-8-2-1-3-9-19)24-12-5-4-11-21(22)24/h1-6,8-12,14,16,18,23H,7,13,15,17H2. The first-order valence-electron chi connectivity index (χ1n) is 10.1. The number of hydrogen-bond acceptors (Lipinski definition) is 2. The van der Waals surface area contributed by atoms with Crippen molar-refractivity contribution < 1.29 is 4.79 Å². The Balaban J connectivity index is 1.52. The van der Waals surface area contributed by atoms with E-state index in [1.54, 1.807) is 6.20 Å². The molecule has 0 radical (unpaired) electrons. The summed E-state index contributed by atoms with van der Waals surface area (Å²) in [7, 11) is 0. The first-order chi connectivity index (χ1) is 14.3. The van der Waals surface area contributed by atoms with E-state index in [0.29, 0.717) is 0 Å². The van der Waals surface area contributed by atoms with Crippen LogP contribution in [0.4, 0.5) is 0 Å². The smallest absolute Gasteiger partial charge is 0.256 e. The highest BCUT2D eigenvalue weighted by Crippen LogP contribution is 2.34. The van der Waals surface area contributed by atoms with Crippen LogP contribution >= 0.6 is 0 Å². The predicted octanol–water partition coefficient (Wildman–Crippen LogP) is 5.06. The summed E-state index contributed by atoms with van der Waals surface area (Å²) in [6.07, 6.45) is 7.70. The minimum atomic E-state index is 0.104. The van der Waals surface area contributed by atoms with Gasteiger partial charge in [0.05, 0.1) is 11.6 Å². The number of fused-ring (bicyclic) bond motifs is 1. The molecule has 1 atom stereocenters. The van der Waals surface area contributed by atoms with Gasteiger partial charge >= 0.3 is 0 Å². The van der Waals surface area contributed by atoms with Crippen LogP contribution in [0, 0.1) is 0 Å². The highest BCUT2D eigenvalue weighted by atomic mass is 16.2. The largest absolute Gasteiger partial charge is 0.342 e. The number of amides is 1. The number of carbonyl (C=O) groups is 1. The van der Waals surface area contributed by atoms with Crippen molar-refractivity contribution in [2.45, 2.75) is 25.4 Å². The zero-order chi connectivity index (χ0) is 19.6. The van der Waals surface area contributed by atoms with Crippen molar-refractivity contribution in [3.63, 3.8) is 0 Å². The molecule has 1 aliphatic heterocycles. The van der Waals surface area contributed by atoms with Crippen LogP contribution in [0.15, 0.2) is 85.3 Å². The van der Waals surface area contributed by atoms with Gasteiger partial charge in [-0.15, -0.1) is 0 Å². The molecule has 0 bridgehead atoms. The molecule has 29 heavy (non-hydrogen) atoms.